The molecular formula is C23H19Cl2N3O5. The number of allylic oxidation sites excluding steroid dienone is 2. The van der Waals surface area contributed by atoms with E-state index >= 15 is 0 Å². The zero-order valence-electron chi connectivity index (χ0n) is 17.5. The van der Waals surface area contributed by atoms with Crippen LogP contribution < -0.4 is 0 Å². The van der Waals surface area contributed by atoms with Crippen molar-refractivity contribution >= 4 is 46.6 Å². The van der Waals surface area contributed by atoms with E-state index in [2.05, 4.69) is 0 Å². The molecule has 3 amide bonds. The van der Waals surface area contributed by atoms with Gasteiger partial charge in [0.15, 0.2) is 0 Å². The third kappa shape index (κ3) is 4.36. The lowest BCUT2D eigenvalue weighted by Gasteiger charge is -2.31. The minimum absolute atomic E-state index is 0.0286. The molecule has 2 atom stereocenters. The van der Waals surface area contributed by atoms with Crippen LogP contribution in [-0.4, -0.2) is 32.7 Å². The molecule has 2 aliphatic rings. The molecular weight excluding hydrogens is 469 g/mol. The van der Waals surface area contributed by atoms with Gasteiger partial charge in [-0.25, -0.2) is 5.01 Å². The number of halogens is 2. The molecule has 2 aromatic rings. The molecule has 4 rings (SSSR count). The zero-order valence-corrected chi connectivity index (χ0v) is 19.0. The first-order valence-corrected chi connectivity index (χ1v) is 11.0. The molecule has 1 aliphatic heterocycles. The summed E-state index contributed by atoms with van der Waals surface area (Å²) < 4.78 is 0. The van der Waals surface area contributed by atoms with Gasteiger partial charge in [0.25, 0.3) is 23.4 Å². The number of hydrogen-bond acceptors (Lipinski definition) is 5. The molecule has 0 spiro atoms. The van der Waals surface area contributed by atoms with Crippen molar-refractivity contribution in [3.63, 3.8) is 0 Å². The third-order valence-electron chi connectivity index (χ3n) is 5.91. The Labute approximate surface area is 199 Å². The summed E-state index contributed by atoms with van der Waals surface area (Å²) in [7, 11) is 0. The van der Waals surface area contributed by atoms with Gasteiger partial charge in [-0.2, -0.15) is 5.01 Å². The van der Waals surface area contributed by atoms with Crippen molar-refractivity contribution in [1.82, 2.24) is 10.0 Å². The highest BCUT2D eigenvalue weighted by molar-refractivity contribution is 6.35. The van der Waals surface area contributed by atoms with Crippen molar-refractivity contribution in [3.8, 4) is 0 Å². The van der Waals surface area contributed by atoms with Crippen molar-refractivity contribution in [1.29, 1.82) is 0 Å². The fraction of sp³-hybridized carbons (Fsp3) is 0.261. The first-order chi connectivity index (χ1) is 15.7. The van der Waals surface area contributed by atoms with Crippen molar-refractivity contribution in [2.75, 3.05) is 0 Å². The molecule has 1 heterocycles. The molecule has 0 radical (unpaired) electrons. The second-order valence-electron chi connectivity index (χ2n) is 8.10. The summed E-state index contributed by atoms with van der Waals surface area (Å²) in [5.74, 6) is -2.78. The third-order valence-corrected chi connectivity index (χ3v) is 6.50. The molecule has 0 aromatic heterocycles. The number of non-ortho nitro benzene ring substituents is 1. The Morgan fingerprint density at radius 3 is 2.58 bits per heavy atom. The Bertz CT molecular complexity index is 1210. The maximum Gasteiger partial charge on any atom is 0.273 e. The highest BCUT2D eigenvalue weighted by atomic mass is 35.5. The Hall–Kier alpha value is -3.23. The number of fused-ring (bicyclic) bond motifs is 1. The summed E-state index contributed by atoms with van der Waals surface area (Å²) >= 11 is 12.3. The van der Waals surface area contributed by atoms with Crippen LogP contribution in [-0.2, 0) is 16.1 Å². The van der Waals surface area contributed by atoms with Crippen LogP contribution in [0.5, 0.6) is 0 Å². The van der Waals surface area contributed by atoms with E-state index in [0.717, 1.165) is 21.7 Å². The van der Waals surface area contributed by atoms with E-state index in [0.29, 0.717) is 23.4 Å². The van der Waals surface area contributed by atoms with Gasteiger partial charge in [-0.3, -0.25) is 24.5 Å². The lowest BCUT2D eigenvalue weighted by Crippen LogP contribution is -2.49. The van der Waals surface area contributed by atoms with Gasteiger partial charge in [-0.1, -0.05) is 47.0 Å². The van der Waals surface area contributed by atoms with Gasteiger partial charge in [-0.15, -0.1) is 0 Å². The Morgan fingerprint density at radius 2 is 1.88 bits per heavy atom. The minimum Gasteiger partial charge on any atom is -0.272 e. The molecule has 8 nitrogen and oxygen atoms in total. The average molecular weight is 488 g/mol. The molecule has 0 N–H and O–H groups in total. The van der Waals surface area contributed by atoms with Crippen LogP contribution in [0.1, 0.15) is 35.7 Å². The Kier molecular flexibility index (Phi) is 6.23. The summed E-state index contributed by atoms with van der Waals surface area (Å²) in [5, 5.41) is 13.8. The van der Waals surface area contributed by atoms with E-state index < -0.39 is 34.5 Å². The van der Waals surface area contributed by atoms with Crippen LogP contribution in [0.25, 0.3) is 0 Å². The van der Waals surface area contributed by atoms with Gasteiger partial charge in [0.05, 0.1) is 23.3 Å². The number of imide groups is 1. The Balaban J connectivity index is 1.75. The summed E-state index contributed by atoms with van der Waals surface area (Å²) in [6.45, 7) is 1.71. The smallest absolute Gasteiger partial charge is 0.272 e. The normalized spacial score (nSPS) is 19.8. The van der Waals surface area contributed by atoms with Crippen LogP contribution in [0.3, 0.4) is 0 Å². The van der Waals surface area contributed by atoms with E-state index in [1.807, 2.05) is 13.0 Å². The second-order valence-corrected chi connectivity index (χ2v) is 8.94. The van der Waals surface area contributed by atoms with E-state index in [-0.39, 0.29) is 22.8 Å². The van der Waals surface area contributed by atoms with Gasteiger partial charge in [0.2, 0.25) is 0 Å². The van der Waals surface area contributed by atoms with E-state index in [9.17, 15) is 24.5 Å². The van der Waals surface area contributed by atoms with Gasteiger partial charge < -0.3 is 0 Å². The summed E-state index contributed by atoms with van der Waals surface area (Å²) in [5.41, 5.74) is 1.16. The Morgan fingerprint density at radius 1 is 1.15 bits per heavy atom. The van der Waals surface area contributed by atoms with Crippen LogP contribution in [0.4, 0.5) is 5.69 Å². The van der Waals surface area contributed by atoms with Crippen molar-refractivity contribution in [2.45, 2.75) is 26.3 Å². The maximum absolute atomic E-state index is 13.5. The summed E-state index contributed by atoms with van der Waals surface area (Å²) in [4.78, 5) is 50.7. The fourth-order valence-corrected chi connectivity index (χ4v) is 4.67. The largest absolute Gasteiger partial charge is 0.273 e. The number of carbonyl (C=O) groups excluding carboxylic acids is 3. The van der Waals surface area contributed by atoms with Crippen molar-refractivity contribution in [2.24, 2.45) is 11.8 Å². The number of amides is 3. The standard InChI is InChI=1S/C23H19Cl2N3O5/c1-13-5-8-18-19(9-13)23(31)27(22(18)30)26(12-15-6-7-16(24)11-20(15)25)21(29)14-3-2-4-17(10-14)28(32)33/h2-7,10-11,18-19H,8-9,12H2,1H3/t18-,19+/m0/s1. The molecule has 1 saturated heterocycles. The second kappa shape index (κ2) is 8.96. The summed E-state index contributed by atoms with van der Waals surface area (Å²) in [6.07, 6.45) is 2.78. The highest BCUT2D eigenvalue weighted by Crippen LogP contribution is 2.39. The van der Waals surface area contributed by atoms with Gasteiger partial charge in [0.1, 0.15) is 0 Å². The topological polar surface area (TPSA) is 101 Å². The predicted octanol–water partition coefficient (Wildman–Crippen LogP) is 4.80. The average Bonchev–Trinajstić information content (AvgIpc) is 3.02. The zero-order chi connectivity index (χ0) is 23.9. The first-order valence-electron chi connectivity index (χ1n) is 10.2. The number of nitro groups is 1. The van der Waals surface area contributed by atoms with Crippen LogP contribution >= 0.6 is 23.2 Å². The van der Waals surface area contributed by atoms with Gasteiger partial charge in [0, 0.05) is 27.7 Å². The molecule has 0 unspecified atom stereocenters. The molecule has 1 aliphatic carbocycles. The molecule has 1 fully saturated rings. The van der Waals surface area contributed by atoms with Crippen molar-refractivity contribution in [3.05, 3.63) is 85.4 Å². The van der Waals surface area contributed by atoms with Crippen LogP contribution in [0, 0.1) is 22.0 Å². The quantitative estimate of drug-likeness (QED) is 0.261. The minimum atomic E-state index is -0.727. The van der Waals surface area contributed by atoms with Gasteiger partial charge >= 0.3 is 0 Å². The number of carbonyl (C=O) groups is 3. The fourth-order valence-electron chi connectivity index (χ4n) is 4.20. The molecule has 33 heavy (non-hydrogen) atoms. The van der Waals surface area contributed by atoms with Crippen LogP contribution in [0.2, 0.25) is 10.0 Å². The van der Waals surface area contributed by atoms with Crippen LogP contribution in [0.15, 0.2) is 54.1 Å². The molecule has 10 heteroatoms. The number of nitro benzene ring substituents is 1. The monoisotopic (exact) mass is 487 g/mol. The highest BCUT2D eigenvalue weighted by Gasteiger charge is 2.51. The van der Waals surface area contributed by atoms with E-state index in [4.69, 9.17) is 23.2 Å². The maximum atomic E-state index is 13.5. The van der Waals surface area contributed by atoms with Crippen molar-refractivity contribution < 1.29 is 19.3 Å². The van der Waals surface area contributed by atoms with Gasteiger partial charge in [-0.05, 0) is 43.5 Å². The number of hydrogen-bond donors (Lipinski definition) is 0. The van der Waals surface area contributed by atoms with E-state index in [1.54, 1.807) is 12.1 Å². The number of benzene rings is 2. The SMILES string of the molecule is CC1=CC[C@@H]2C(=O)N(N(Cc3ccc(Cl)cc3Cl)C(=O)c3cccc([N+](=O)[O-])c3)C(=O)[C@@H]2C1. The summed E-state index contributed by atoms with van der Waals surface area (Å²) in [6, 6.07) is 9.82. The lowest BCUT2D eigenvalue weighted by atomic mass is 9.82. The lowest BCUT2D eigenvalue weighted by molar-refractivity contribution is -0.384. The molecule has 0 bridgehead atoms. The number of hydrazine groups is 1. The molecule has 0 saturated carbocycles. The molecule has 170 valence electrons. The number of nitrogens with zero attached hydrogens (tertiary/aromatic N) is 3. The predicted molar refractivity (Wildman–Crippen MR) is 121 cm³/mol. The number of rotatable bonds is 5. The first kappa shape index (κ1) is 22.9. The molecule has 2 aromatic carbocycles. The van der Waals surface area contributed by atoms with E-state index in [1.165, 1.54) is 24.3 Å².